The van der Waals surface area contributed by atoms with E-state index in [0.717, 1.165) is 12.8 Å². The second kappa shape index (κ2) is 5.91. The van der Waals surface area contributed by atoms with Gasteiger partial charge in [-0.25, -0.2) is 4.39 Å². The quantitative estimate of drug-likeness (QED) is 0.914. The van der Waals surface area contributed by atoms with Gasteiger partial charge in [0.25, 0.3) is 0 Å². The van der Waals surface area contributed by atoms with E-state index in [0.29, 0.717) is 12.3 Å². The first kappa shape index (κ1) is 15.0. The SMILES string of the molecule is CC1(C)CC(Nc2ccc(OC(F)F)c(F)c2)CCO1. The van der Waals surface area contributed by atoms with Crippen LogP contribution in [-0.2, 0) is 4.74 Å². The van der Waals surface area contributed by atoms with Crippen LogP contribution in [-0.4, -0.2) is 24.9 Å². The van der Waals surface area contributed by atoms with Crippen molar-refractivity contribution in [3.63, 3.8) is 0 Å². The monoisotopic (exact) mass is 289 g/mol. The number of hydrogen-bond acceptors (Lipinski definition) is 3. The Bertz CT molecular complexity index is 466. The Kier molecular flexibility index (Phi) is 4.42. The maximum absolute atomic E-state index is 13.6. The normalized spacial score (nSPS) is 21.8. The first-order valence-corrected chi connectivity index (χ1v) is 6.50. The third-order valence-corrected chi connectivity index (χ3v) is 3.22. The smallest absolute Gasteiger partial charge is 0.387 e. The second-order valence-electron chi connectivity index (χ2n) is 5.47. The Balaban J connectivity index is 2.01. The zero-order chi connectivity index (χ0) is 14.8. The molecule has 3 nitrogen and oxygen atoms in total. The van der Waals surface area contributed by atoms with Crippen molar-refractivity contribution in [1.82, 2.24) is 0 Å². The molecule has 0 aliphatic carbocycles. The standard InChI is InChI=1S/C14H18F3NO2/c1-14(2)8-10(5-6-19-14)18-9-3-4-12(11(15)7-9)20-13(16)17/h3-4,7,10,13,18H,5-6,8H2,1-2H3. The molecule has 1 aliphatic rings. The molecular formula is C14H18F3NO2. The number of anilines is 1. The van der Waals surface area contributed by atoms with Crippen LogP contribution in [0.25, 0.3) is 0 Å². The Hall–Kier alpha value is -1.43. The molecule has 6 heteroatoms. The van der Waals surface area contributed by atoms with Gasteiger partial charge in [0.1, 0.15) is 0 Å². The van der Waals surface area contributed by atoms with Crippen molar-refractivity contribution in [2.45, 2.75) is 44.9 Å². The Morgan fingerprint density at radius 2 is 2.15 bits per heavy atom. The lowest BCUT2D eigenvalue weighted by Crippen LogP contribution is -2.40. The molecule has 0 amide bonds. The molecule has 1 unspecified atom stereocenters. The molecule has 20 heavy (non-hydrogen) atoms. The first-order valence-electron chi connectivity index (χ1n) is 6.50. The summed E-state index contributed by atoms with van der Waals surface area (Å²) in [5, 5.41) is 3.19. The number of halogens is 3. The van der Waals surface area contributed by atoms with E-state index in [9.17, 15) is 13.2 Å². The van der Waals surface area contributed by atoms with Gasteiger partial charge in [0.2, 0.25) is 0 Å². The molecule has 0 radical (unpaired) electrons. The highest BCUT2D eigenvalue weighted by Gasteiger charge is 2.28. The van der Waals surface area contributed by atoms with Gasteiger partial charge >= 0.3 is 6.61 Å². The van der Waals surface area contributed by atoms with Crippen LogP contribution in [0.2, 0.25) is 0 Å². The molecule has 0 saturated carbocycles. The molecule has 1 saturated heterocycles. The summed E-state index contributed by atoms with van der Waals surface area (Å²) in [7, 11) is 0. The van der Waals surface area contributed by atoms with Crippen molar-refractivity contribution >= 4 is 5.69 Å². The predicted molar refractivity (Wildman–Crippen MR) is 69.7 cm³/mol. The van der Waals surface area contributed by atoms with E-state index in [2.05, 4.69) is 10.1 Å². The van der Waals surface area contributed by atoms with E-state index >= 15 is 0 Å². The van der Waals surface area contributed by atoms with Crippen LogP contribution in [0.15, 0.2) is 18.2 Å². The van der Waals surface area contributed by atoms with E-state index in [4.69, 9.17) is 4.74 Å². The van der Waals surface area contributed by atoms with Gasteiger partial charge in [-0.3, -0.25) is 0 Å². The highest BCUT2D eigenvalue weighted by molar-refractivity contribution is 5.48. The largest absolute Gasteiger partial charge is 0.432 e. The number of nitrogens with one attached hydrogen (secondary N) is 1. The zero-order valence-electron chi connectivity index (χ0n) is 11.5. The molecule has 1 N–H and O–H groups in total. The fourth-order valence-corrected chi connectivity index (χ4v) is 2.37. The summed E-state index contributed by atoms with van der Waals surface area (Å²) in [5.41, 5.74) is 0.333. The number of ether oxygens (including phenoxy) is 2. The molecule has 1 aliphatic heterocycles. The molecule has 1 fully saturated rings. The minimum absolute atomic E-state index is 0.167. The van der Waals surface area contributed by atoms with E-state index in [1.54, 1.807) is 0 Å². The second-order valence-corrected chi connectivity index (χ2v) is 5.47. The average molecular weight is 289 g/mol. The van der Waals surface area contributed by atoms with Crippen molar-refractivity contribution in [3.05, 3.63) is 24.0 Å². The summed E-state index contributed by atoms with van der Waals surface area (Å²) in [6.45, 7) is 1.61. The highest BCUT2D eigenvalue weighted by Crippen LogP contribution is 2.28. The van der Waals surface area contributed by atoms with Gasteiger partial charge in [0, 0.05) is 24.4 Å². The van der Waals surface area contributed by atoms with Crippen LogP contribution in [0.4, 0.5) is 18.9 Å². The van der Waals surface area contributed by atoms with Crippen molar-refractivity contribution in [2.24, 2.45) is 0 Å². The van der Waals surface area contributed by atoms with Crippen LogP contribution in [0, 0.1) is 5.82 Å². The molecule has 0 bridgehead atoms. The van der Waals surface area contributed by atoms with Gasteiger partial charge < -0.3 is 14.8 Å². The average Bonchev–Trinajstić information content (AvgIpc) is 2.31. The molecular weight excluding hydrogens is 271 g/mol. The van der Waals surface area contributed by atoms with E-state index in [-0.39, 0.29) is 11.6 Å². The van der Waals surface area contributed by atoms with Crippen molar-refractivity contribution < 1.29 is 22.6 Å². The van der Waals surface area contributed by atoms with Gasteiger partial charge in [-0.2, -0.15) is 8.78 Å². The van der Waals surface area contributed by atoms with E-state index < -0.39 is 18.2 Å². The Labute approximate surface area is 116 Å². The molecule has 2 rings (SSSR count). The minimum atomic E-state index is -3.03. The molecule has 112 valence electrons. The predicted octanol–water partition coefficient (Wildman–Crippen LogP) is 3.80. The molecule has 0 spiro atoms. The van der Waals surface area contributed by atoms with Crippen molar-refractivity contribution in [2.75, 3.05) is 11.9 Å². The summed E-state index contributed by atoms with van der Waals surface area (Å²) < 4.78 is 47.3. The fourth-order valence-electron chi connectivity index (χ4n) is 2.37. The molecule has 1 aromatic rings. The van der Waals surface area contributed by atoms with Crippen LogP contribution in [0.1, 0.15) is 26.7 Å². The topological polar surface area (TPSA) is 30.5 Å². The van der Waals surface area contributed by atoms with Gasteiger partial charge in [-0.05, 0) is 38.8 Å². The summed E-state index contributed by atoms with van der Waals surface area (Å²) in [4.78, 5) is 0. The van der Waals surface area contributed by atoms with Crippen molar-refractivity contribution in [1.29, 1.82) is 0 Å². The molecule has 0 aromatic heterocycles. The number of hydrogen-bond donors (Lipinski definition) is 1. The van der Waals surface area contributed by atoms with Crippen LogP contribution >= 0.6 is 0 Å². The maximum Gasteiger partial charge on any atom is 0.387 e. The van der Waals surface area contributed by atoms with Gasteiger partial charge in [-0.15, -0.1) is 0 Å². The third-order valence-electron chi connectivity index (χ3n) is 3.22. The highest BCUT2D eigenvalue weighted by atomic mass is 19.3. The lowest BCUT2D eigenvalue weighted by atomic mass is 9.94. The third kappa shape index (κ3) is 4.03. The van der Waals surface area contributed by atoms with Crippen LogP contribution in [0.5, 0.6) is 5.75 Å². The molecule has 1 heterocycles. The molecule has 1 aromatic carbocycles. The summed E-state index contributed by atoms with van der Waals surface area (Å²) in [5.74, 6) is -1.25. The summed E-state index contributed by atoms with van der Waals surface area (Å²) in [6, 6.07) is 4.07. The van der Waals surface area contributed by atoms with Crippen molar-refractivity contribution in [3.8, 4) is 5.75 Å². The van der Waals surface area contributed by atoms with Gasteiger partial charge in [0.05, 0.1) is 5.60 Å². The lowest BCUT2D eigenvalue weighted by molar-refractivity contribution is -0.0555. The lowest BCUT2D eigenvalue weighted by Gasteiger charge is -2.36. The van der Waals surface area contributed by atoms with Gasteiger partial charge in [-0.1, -0.05) is 0 Å². The number of benzene rings is 1. The summed E-state index contributed by atoms with van der Waals surface area (Å²) in [6.07, 6.45) is 1.62. The van der Waals surface area contributed by atoms with E-state index in [1.807, 2.05) is 13.8 Å². The van der Waals surface area contributed by atoms with Crippen LogP contribution in [0.3, 0.4) is 0 Å². The number of alkyl halides is 2. The van der Waals surface area contributed by atoms with E-state index in [1.165, 1.54) is 18.2 Å². The van der Waals surface area contributed by atoms with Crippen LogP contribution < -0.4 is 10.1 Å². The Morgan fingerprint density at radius 1 is 1.40 bits per heavy atom. The summed E-state index contributed by atoms with van der Waals surface area (Å²) >= 11 is 0. The molecule has 1 atom stereocenters. The fraction of sp³-hybridized carbons (Fsp3) is 0.571. The Morgan fingerprint density at radius 3 is 2.75 bits per heavy atom. The first-order chi connectivity index (χ1) is 9.35. The zero-order valence-corrected chi connectivity index (χ0v) is 11.5. The minimum Gasteiger partial charge on any atom is -0.432 e. The maximum atomic E-state index is 13.6. The number of rotatable bonds is 4. The van der Waals surface area contributed by atoms with Gasteiger partial charge in [0.15, 0.2) is 11.6 Å².